The Labute approximate surface area is 274 Å². The third kappa shape index (κ3) is 11.4. The van der Waals surface area contributed by atoms with E-state index >= 15 is 0 Å². The first-order chi connectivity index (χ1) is 22.7. The minimum Gasteiger partial charge on any atom is -0.432 e. The molecule has 47 heavy (non-hydrogen) atoms. The zero-order valence-corrected chi connectivity index (χ0v) is 27.6. The Balaban J connectivity index is 1.32. The molecular formula is C26H39ClN5O14P. The number of nitrogens with one attached hydrogen (secondary N) is 1. The second-order valence-corrected chi connectivity index (χ2v) is 12.7. The Morgan fingerprint density at radius 1 is 1.02 bits per heavy atom. The van der Waals surface area contributed by atoms with Gasteiger partial charge in [0, 0.05) is 26.7 Å². The Morgan fingerprint density at radius 2 is 1.66 bits per heavy atom. The number of fused-ring (bicyclic) bond motifs is 1. The number of aromatic nitrogens is 4. The molecule has 0 spiro atoms. The van der Waals surface area contributed by atoms with E-state index in [0.717, 1.165) is 25.7 Å². The van der Waals surface area contributed by atoms with E-state index < -0.39 is 58.3 Å². The molecule has 264 valence electrons. The van der Waals surface area contributed by atoms with Crippen LogP contribution in [0.1, 0.15) is 38.3 Å². The van der Waals surface area contributed by atoms with Crippen molar-refractivity contribution in [2.24, 2.45) is 0 Å². The second-order valence-electron chi connectivity index (χ2n) is 10.3. The summed E-state index contributed by atoms with van der Waals surface area (Å²) in [5.41, 5.74) is 0.379. The van der Waals surface area contributed by atoms with E-state index in [1.165, 1.54) is 18.9 Å². The zero-order valence-electron chi connectivity index (χ0n) is 25.9. The third-order valence-corrected chi connectivity index (χ3v) is 8.61. The number of methoxy groups -OCH3 is 2. The van der Waals surface area contributed by atoms with Gasteiger partial charge in [0.2, 0.25) is 18.9 Å². The van der Waals surface area contributed by atoms with Gasteiger partial charge in [-0.25, -0.2) is 14.3 Å². The number of ether oxygens (including phenoxy) is 8. The lowest BCUT2D eigenvalue weighted by Gasteiger charge is -2.19. The first-order valence-corrected chi connectivity index (χ1v) is 16.9. The second kappa shape index (κ2) is 18.6. The average Bonchev–Trinajstić information content (AvgIpc) is 3.78. The molecule has 3 heterocycles. The maximum absolute atomic E-state index is 13.3. The van der Waals surface area contributed by atoms with Crippen molar-refractivity contribution in [3.05, 3.63) is 11.5 Å². The van der Waals surface area contributed by atoms with Crippen molar-refractivity contribution < 1.29 is 66.2 Å². The Bertz CT molecular complexity index is 1320. The molecule has 1 saturated carbocycles. The fourth-order valence-corrected chi connectivity index (χ4v) is 5.88. The van der Waals surface area contributed by atoms with Gasteiger partial charge in [-0.2, -0.15) is 15.1 Å². The number of carbonyl (C=O) groups excluding carboxylic acids is 2. The van der Waals surface area contributed by atoms with Gasteiger partial charge < -0.3 is 48.3 Å². The molecular weight excluding hydrogens is 673 g/mol. The van der Waals surface area contributed by atoms with Gasteiger partial charge in [0.15, 0.2) is 11.9 Å². The van der Waals surface area contributed by atoms with E-state index in [4.69, 9.17) is 58.5 Å². The molecule has 2 N–H and O–H groups in total. The molecule has 3 atom stereocenters. The smallest absolute Gasteiger partial charge is 0.432 e. The molecule has 0 radical (unpaired) electrons. The predicted molar refractivity (Wildman–Crippen MR) is 160 cm³/mol. The number of aliphatic hydroxyl groups excluding tert-OH is 1. The van der Waals surface area contributed by atoms with Gasteiger partial charge in [-0.3, -0.25) is 13.6 Å². The van der Waals surface area contributed by atoms with Gasteiger partial charge in [0.25, 0.3) is 0 Å². The van der Waals surface area contributed by atoms with Gasteiger partial charge in [0.05, 0.1) is 37.5 Å². The number of halogens is 1. The van der Waals surface area contributed by atoms with Gasteiger partial charge in [-0.15, -0.1) is 0 Å². The summed E-state index contributed by atoms with van der Waals surface area (Å²) in [5.74, 6) is 0.556. The number of nitrogens with zero attached hydrogens (tertiary/aromatic N) is 4. The van der Waals surface area contributed by atoms with Crippen molar-refractivity contribution in [2.45, 2.75) is 56.6 Å². The van der Waals surface area contributed by atoms with Crippen LogP contribution in [0.2, 0.25) is 5.28 Å². The van der Waals surface area contributed by atoms with Crippen LogP contribution in [-0.4, -0.2) is 123 Å². The highest BCUT2D eigenvalue weighted by atomic mass is 35.5. The van der Waals surface area contributed by atoms with Crippen molar-refractivity contribution in [2.75, 3.05) is 72.5 Å². The van der Waals surface area contributed by atoms with E-state index in [-0.39, 0.29) is 50.8 Å². The van der Waals surface area contributed by atoms with Crippen LogP contribution < -0.4 is 5.32 Å². The highest BCUT2D eigenvalue weighted by Crippen LogP contribution is 2.48. The van der Waals surface area contributed by atoms with Crippen molar-refractivity contribution in [3.63, 3.8) is 0 Å². The van der Waals surface area contributed by atoms with E-state index in [2.05, 4.69) is 20.4 Å². The summed E-state index contributed by atoms with van der Waals surface area (Å²) >= 11 is 6.23. The summed E-state index contributed by atoms with van der Waals surface area (Å²) in [5, 5.41) is 19.3. The summed E-state index contributed by atoms with van der Waals surface area (Å²) in [6, 6.07) is 0.272. The van der Waals surface area contributed by atoms with Gasteiger partial charge in [-0.1, -0.05) is 12.8 Å². The molecule has 2 aromatic heterocycles. The van der Waals surface area contributed by atoms with Crippen LogP contribution in [0, 0.1) is 0 Å². The molecule has 1 aliphatic carbocycles. The molecule has 1 aliphatic heterocycles. The Hall–Kier alpha value is -2.87. The lowest BCUT2D eigenvalue weighted by molar-refractivity contribution is -0.0650. The topological polar surface area (TPSA) is 219 Å². The van der Waals surface area contributed by atoms with Crippen molar-refractivity contribution in [3.8, 4) is 0 Å². The summed E-state index contributed by atoms with van der Waals surface area (Å²) in [6.07, 6.45) is 0.553. The quantitative estimate of drug-likeness (QED) is 0.0702. The zero-order chi connectivity index (χ0) is 33.6. The number of rotatable bonds is 19. The van der Waals surface area contributed by atoms with E-state index in [0.29, 0.717) is 16.9 Å². The van der Waals surface area contributed by atoms with Gasteiger partial charge >= 0.3 is 19.9 Å². The molecule has 1 saturated heterocycles. The molecule has 21 heteroatoms. The standard InChI is InChI=1S/C26H39ClN5O14P/c1-37-7-9-40-25(34)42-14-44-47(36,45-15-43-26(35)41-10-8-38-2)16-39-13-18-11-20(33)23(46-18)32-22-19(12-28-32)21(30-24(27)31-22)29-17-5-3-4-6-17/h12,17-18,20,23,33H,3-11,13-16H2,1-2H3,(H,29,30,31)/t18-,20+,23?/m0/s1. The van der Waals surface area contributed by atoms with Crippen LogP contribution in [0.15, 0.2) is 6.20 Å². The Kier molecular flexibility index (Phi) is 14.6. The fraction of sp³-hybridized carbons (Fsp3) is 0.731. The van der Waals surface area contributed by atoms with Crippen molar-refractivity contribution in [1.82, 2.24) is 19.7 Å². The molecule has 2 aromatic rings. The first-order valence-electron chi connectivity index (χ1n) is 14.7. The number of hydrogen-bond donors (Lipinski definition) is 2. The summed E-state index contributed by atoms with van der Waals surface area (Å²) in [4.78, 5) is 32.0. The molecule has 2 fully saturated rings. The largest absolute Gasteiger partial charge is 0.510 e. The molecule has 2 aliphatic rings. The van der Waals surface area contributed by atoms with Crippen LogP contribution >= 0.6 is 19.2 Å². The maximum atomic E-state index is 13.3. The van der Waals surface area contributed by atoms with E-state index in [1.54, 1.807) is 6.20 Å². The minimum atomic E-state index is -4.20. The fourth-order valence-electron chi connectivity index (χ4n) is 4.73. The average molecular weight is 712 g/mol. The molecule has 0 amide bonds. The van der Waals surface area contributed by atoms with Crippen LogP contribution in [0.25, 0.3) is 11.0 Å². The highest BCUT2D eigenvalue weighted by molar-refractivity contribution is 7.53. The maximum Gasteiger partial charge on any atom is 0.510 e. The van der Waals surface area contributed by atoms with Crippen LogP contribution in [0.3, 0.4) is 0 Å². The summed E-state index contributed by atoms with van der Waals surface area (Å²) in [6.45, 7) is -1.70. The predicted octanol–water partition coefficient (Wildman–Crippen LogP) is 3.20. The third-order valence-electron chi connectivity index (χ3n) is 6.95. The minimum absolute atomic E-state index is 0.0160. The van der Waals surface area contributed by atoms with Crippen LogP contribution in [0.4, 0.5) is 15.4 Å². The number of anilines is 1. The monoisotopic (exact) mass is 711 g/mol. The molecule has 4 rings (SSSR count). The van der Waals surface area contributed by atoms with Crippen molar-refractivity contribution in [1.29, 1.82) is 0 Å². The lowest BCUT2D eigenvalue weighted by Crippen LogP contribution is -2.21. The van der Waals surface area contributed by atoms with Gasteiger partial charge in [0.1, 0.15) is 31.5 Å². The summed E-state index contributed by atoms with van der Waals surface area (Å²) in [7, 11) is -1.35. The number of hydrogen-bond acceptors (Lipinski definition) is 18. The number of carbonyl (C=O) groups is 2. The van der Waals surface area contributed by atoms with E-state index in [1.807, 2.05) is 0 Å². The molecule has 0 aromatic carbocycles. The molecule has 1 unspecified atom stereocenters. The Morgan fingerprint density at radius 3 is 2.28 bits per heavy atom. The van der Waals surface area contributed by atoms with Crippen LogP contribution in [-0.2, 0) is 51.5 Å². The SMILES string of the molecule is COCCOC(=O)OCOP(=O)(COC[C@@H]1C[C@@H](O)C(n2ncc3c(NC4CCCC4)nc(Cl)nc32)O1)OCOC(=O)OCCOC. The van der Waals surface area contributed by atoms with Crippen LogP contribution in [0.5, 0.6) is 0 Å². The van der Waals surface area contributed by atoms with E-state index in [9.17, 15) is 19.3 Å². The number of aliphatic hydroxyl groups is 1. The molecule has 0 bridgehead atoms. The molecule has 19 nitrogen and oxygen atoms in total. The highest BCUT2D eigenvalue weighted by Gasteiger charge is 2.38. The normalized spacial score (nSPS) is 20.0. The lowest BCUT2D eigenvalue weighted by atomic mass is 10.2. The summed E-state index contributed by atoms with van der Waals surface area (Å²) < 4.78 is 65.0. The first kappa shape index (κ1) is 37.0. The van der Waals surface area contributed by atoms with Gasteiger partial charge in [-0.05, 0) is 24.4 Å². The van der Waals surface area contributed by atoms with Crippen molar-refractivity contribution >= 4 is 48.4 Å².